The Kier molecular flexibility index (Phi) is 4.72. The number of hydrogen-bond acceptors (Lipinski definition) is 3. The zero-order valence-corrected chi connectivity index (χ0v) is 11.8. The maximum Gasteiger partial charge on any atom is 0.0581 e. The molecule has 1 aliphatic rings. The van der Waals surface area contributed by atoms with Crippen LogP contribution in [0.5, 0.6) is 0 Å². The molecule has 1 saturated heterocycles. The van der Waals surface area contributed by atoms with Gasteiger partial charge in [0, 0.05) is 31.9 Å². The maximum absolute atomic E-state index is 4.76. The van der Waals surface area contributed by atoms with Crippen molar-refractivity contribution in [3.05, 3.63) is 29.6 Å². The Labute approximate surface area is 111 Å². The molecule has 0 saturated carbocycles. The lowest BCUT2D eigenvalue weighted by Crippen LogP contribution is -2.46. The second-order valence-corrected chi connectivity index (χ2v) is 5.32. The number of hydrogen-bond donors (Lipinski definition) is 1. The summed E-state index contributed by atoms with van der Waals surface area (Å²) in [5.41, 5.74) is 2.36. The molecule has 2 atom stereocenters. The van der Waals surface area contributed by atoms with Crippen LogP contribution in [0.15, 0.2) is 18.2 Å². The number of pyridine rings is 1. The van der Waals surface area contributed by atoms with Gasteiger partial charge in [-0.05, 0) is 25.0 Å². The van der Waals surface area contributed by atoms with E-state index in [1.165, 1.54) is 12.1 Å². The predicted molar refractivity (Wildman–Crippen MR) is 75.6 cm³/mol. The van der Waals surface area contributed by atoms with E-state index >= 15 is 0 Å². The Morgan fingerprint density at radius 2 is 2.06 bits per heavy atom. The van der Waals surface area contributed by atoms with Gasteiger partial charge in [-0.15, -0.1) is 0 Å². The van der Waals surface area contributed by atoms with E-state index in [0.29, 0.717) is 12.0 Å². The zero-order valence-electron chi connectivity index (χ0n) is 11.8. The molecule has 1 N–H and O–H groups in total. The van der Waals surface area contributed by atoms with Crippen LogP contribution < -0.4 is 5.32 Å². The van der Waals surface area contributed by atoms with Gasteiger partial charge in [-0.25, -0.2) is 0 Å². The predicted octanol–water partition coefficient (Wildman–Crippen LogP) is 2.38. The minimum absolute atomic E-state index is 0.469. The number of aromatic nitrogens is 1. The molecule has 1 fully saturated rings. The quantitative estimate of drug-likeness (QED) is 0.885. The summed E-state index contributed by atoms with van der Waals surface area (Å²) in [6.07, 6.45) is 1.20. The summed E-state index contributed by atoms with van der Waals surface area (Å²) in [5.74, 6) is 0.650. The number of nitrogens with one attached hydrogen (secondary N) is 1. The van der Waals surface area contributed by atoms with E-state index in [9.17, 15) is 0 Å². The van der Waals surface area contributed by atoms with Gasteiger partial charge in [0.2, 0.25) is 0 Å². The van der Waals surface area contributed by atoms with Gasteiger partial charge < -0.3 is 5.32 Å². The van der Waals surface area contributed by atoms with Gasteiger partial charge in [0.05, 0.1) is 11.7 Å². The van der Waals surface area contributed by atoms with Crippen molar-refractivity contribution in [1.82, 2.24) is 15.2 Å². The summed E-state index contributed by atoms with van der Waals surface area (Å²) in [6, 6.07) is 6.87. The van der Waals surface area contributed by atoms with E-state index in [1.54, 1.807) is 0 Å². The Hall–Kier alpha value is -0.930. The summed E-state index contributed by atoms with van der Waals surface area (Å²) in [6.45, 7) is 11.1. The molecule has 1 aromatic rings. The molecule has 3 nitrogen and oxygen atoms in total. The average Bonchev–Trinajstić information content (AvgIpc) is 2.40. The lowest BCUT2D eigenvalue weighted by Gasteiger charge is -2.37. The standard InChI is InChI=1S/C15H25N3/c1-4-12(2)15(18-10-8-16-9-11-18)14-7-5-6-13(3)17-14/h5-7,12,15-16H,4,8-11H2,1-3H3/t12?,15-/m0/s1. The summed E-state index contributed by atoms with van der Waals surface area (Å²) in [4.78, 5) is 7.35. The first-order valence-corrected chi connectivity index (χ1v) is 7.10. The lowest BCUT2D eigenvalue weighted by atomic mass is 9.93. The van der Waals surface area contributed by atoms with E-state index < -0.39 is 0 Å². The Morgan fingerprint density at radius 1 is 1.33 bits per heavy atom. The van der Waals surface area contributed by atoms with Crippen molar-refractivity contribution < 1.29 is 0 Å². The first-order valence-electron chi connectivity index (χ1n) is 7.10. The Balaban J connectivity index is 2.23. The topological polar surface area (TPSA) is 28.2 Å². The van der Waals surface area contributed by atoms with E-state index in [4.69, 9.17) is 4.98 Å². The molecule has 2 heterocycles. The van der Waals surface area contributed by atoms with Crippen LogP contribution in [0.25, 0.3) is 0 Å². The van der Waals surface area contributed by atoms with Crippen molar-refractivity contribution in [3.63, 3.8) is 0 Å². The van der Waals surface area contributed by atoms with Gasteiger partial charge in [-0.1, -0.05) is 26.3 Å². The summed E-state index contributed by atoms with van der Waals surface area (Å²) >= 11 is 0. The van der Waals surface area contributed by atoms with Gasteiger partial charge in [-0.2, -0.15) is 0 Å². The number of aryl methyl sites for hydroxylation is 1. The SMILES string of the molecule is CCC(C)[C@@H](c1cccc(C)n1)N1CCNCC1. The van der Waals surface area contributed by atoms with E-state index in [0.717, 1.165) is 31.9 Å². The third-order valence-corrected chi connectivity index (χ3v) is 3.94. The molecular weight excluding hydrogens is 222 g/mol. The van der Waals surface area contributed by atoms with Gasteiger partial charge in [0.1, 0.15) is 0 Å². The van der Waals surface area contributed by atoms with E-state index in [2.05, 4.69) is 49.2 Å². The minimum atomic E-state index is 0.469. The molecule has 0 bridgehead atoms. The number of rotatable bonds is 4. The molecule has 3 heteroatoms. The monoisotopic (exact) mass is 247 g/mol. The molecule has 0 aromatic carbocycles. The molecule has 1 aromatic heterocycles. The van der Waals surface area contributed by atoms with Gasteiger partial charge in [0.15, 0.2) is 0 Å². The summed E-state index contributed by atoms with van der Waals surface area (Å²) in [5, 5.41) is 3.43. The van der Waals surface area contributed by atoms with E-state index in [1.807, 2.05) is 0 Å². The maximum atomic E-state index is 4.76. The van der Waals surface area contributed by atoms with Crippen molar-refractivity contribution in [3.8, 4) is 0 Å². The average molecular weight is 247 g/mol. The van der Waals surface area contributed by atoms with Gasteiger partial charge in [0.25, 0.3) is 0 Å². The Bertz CT molecular complexity index is 372. The molecule has 0 spiro atoms. The highest BCUT2D eigenvalue weighted by atomic mass is 15.2. The Morgan fingerprint density at radius 3 is 2.67 bits per heavy atom. The van der Waals surface area contributed by atoms with Gasteiger partial charge in [-0.3, -0.25) is 9.88 Å². The summed E-state index contributed by atoms with van der Waals surface area (Å²) < 4.78 is 0. The molecule has 0 amide bonds. The third-order valence-electron chi connectivity index (χ3n) is 3.94. The van der Waals surface area contributed by atoms with Crippen LogP contribution in [0.3, 0.4) is 0 Å². The minimum Gasteiger partial charge on any atom is -0.314 e. The fraction of sp³-hybridized carbons (Fsp3) is 0.667. The second kappa shape index (κ2) is 6.30. The van der Waals surface area contributed by atoms with Crippen molar-refractivity contribution in [1.29, 1.82) is 0 Å². The normalized spacial score (nSPS) is 20.6. The highest BCUT2D eigenvalue weighted by molar-refractivity contribution is 5.14. The van der Waals surface area contributed by atoms with Crippen LogP contribution in [0, 0.1) is 12.8 Å². The summed E-state index contributed by atoms with van der Waals surface area (Å²) in [7, 11) is 0. The fourth-order valence-corrected chi connectivity index (χ4v) is 2.75. The molecule has 1 unspecified atom stereocenters. The van der Waals surface area contributed by atoms with Crippen LogP contribution in [0.1, 0.15) is 37.7 Å². The molecule has 18 heavy (non-hydrogen) atoms. The first kappa shape index (κ1) is 13.5. The lowest BCUT2D eigenvalue weighted by molar-refractivity contribution is 0.125. The van der Waals surface area contributed by atoms with Crippen LogP contribution in [-0.4, -0.2) is 36.1 Å². The van der Waals surface area contributed by atoms with Crippen molar-refractivity contribution in [2.75, 3.05) is 26.2 Å². The highest BCUT2D eigenvalue weighted by Gasteiger charge is 2.27. The zero-order chi connectivity index (χ0) is 13.0. The number of piperazine rings is 1. The molecule has 100 valence electrons. The smallest absolute Gasteiger partial charge is 0.0581 e. The molecule has 2 rings (SSSR count). The van der Waals surface area contributed by atoms with Crippen LogP contribution in [0.2, 0.25) is 0 Å². The first-order chi connectivity index (χ1) is 8.72. The number of nitrogens with zero attached hydrogens (tertiary/aromatic N) is 2. The van der Waals surface area contributed by atoms with Crippen molar-refractivity contribution in [2.24, 2.45) is 5.92 Å². The van der Waals surface area contributed by atoms with Crippen LogP contribution in [-0.2, 0) is 0 Å². The van der Waals surface area contributed by atoms with Crippen molar-refractivity contribution >= 4 is 0 Å². The van der Waals surface area contributed by atoms with E-state index in [-0.39, 0.29) is 0 Å². The fourth-order valence-electron chi connectivity index (χ4n) is 2.75. The third kappa shape index (κ3) is 3.09. The molecule has 1 aliphatic heterocycles. The molecular formula is C15H25N3. The molecule has 0 radical (unpaired) electrons. The highest BCUT2D eigenvalue weighted by Crippen LogP contribution is 2.29. The van der Waals surface area contributed by atoms with Gasteiger partial charge >= 0.3 is 0 Å². The largest absolute Gasteiger partial charge is 0.314 e. The van der Waals surface area contributed by atoms with Crippen LogP contribution >= 0.6 is 0 Å². The van der Waals surface area contributed by atoms with Crippen molar-refractivity contribution in [2.45, 2.75) is 33.2 Å². The molecule has 0 aliphatic carbocycles. The second-order valence-electron chi connectivity index (χ2n) is 5.32. The van der Waals surface area contributed by atoms with Crippen LogP contribution in [0.4, 0.5) is 0 Å².